The van der Waals surface area contributed by atoms with Crippen molar-refractivity contribution in [2.24, 2.45) is 0 Å². The van der Waals surface area contributed by atoms with Gasteiger partial charge in [0.2, 0.25) is 0 Å². The van der Waals surface area contributed by atoms with Gasteiger partial charge in [0.25, 0.3) is 0 Å². The molecule has 2 rings (SSSR count). The predicted molar refractivity (Wildman–Crippen MR) is 72.2 cm³/mol. The Labute approximate surface area is 108 Å². The van der Waals surface area contributed by atoms with E-state index in [2.05, 4.69) is 36.9 Å². The number of aliphatic carboxylic acids is 1. The fourth-order valence-electron chi connectivity index (χ4n) is 2.52. The van der Waals surface area contributed by atoms with Crippen molar-refractivity contribution in [2.75, 3.05) is 31.6 Å². The third-order valence-corrected chi connectivity index (χ3v) is 3.63. The van der Waals surface area contributed by atoms with Gasteiger partial charge in [0.05, 0.1) is 0 Å². The average Bonchev–Trinajstić information content (AvgIpc) is 2.30. The highest BCUT2D eigenvalue weighted by Crippen LogP contribution is 2.23. The molecule has 0 bridgehead atoms. The molecule has 0 aliphatic carbocycles. The highest BCUT2D eigenvalue weighted by Gasteiger charge is 2.30. The molecule has 1 atom stereocenters. The van der Waals surface area contributed by atoms with Crippen molar-refractivity contribution in [1.29, 1.82) is 0 Å². The summed E-state index contributed by atoms with van der Waals surface area (Å²) >= 11 is 0. The van der Waals surface area contributed by atoms with E-state index in [0.29, 0.717) is 6.54 Å². The van der Waals surface area contributed by atoms with Crippen molar-refractivity contribution in [3.05, 3.63) is 29.3 Å². The Kier molecular flexibility index (Phi) is 3.57. The van der Waals surface area contributed by atoms with Gasteiger partial charge >= 0.3 is 5.97 Å². The number of carboxylic acids is 1. The van der Waals surface area contributed by atoms with Crippen LogP contribution in [0.1, 0.15) is 11.1 Å². The largest absolute Gasteiger partial charge is 0.480 e. The molecule has 0 aromatic heterocycles. The van der Waals surface area contributed by atoms with Crippen LogP contribution in [0, 0.1) is 13.8 Å². The van der Waals surface area contributed by atoms with Crippen LogP contribution in [0.25, 0.3) is 0 Å². The topological polar surface area (TPSA) is 43.8 Å². The number of hydrogen-bond donors (Lipinski definition) is 1. The maximum atomic E-state index is 11.2. The summed E-state index contributed by atoms with van der Waals surface area (Å²) in [5, 5.41) is 9.22. The number of piperazine rings is 1. The summed E-state index contributed by atoms with van der Waals surface area (Å²) in [6.45, 7) is 6.36. The molecule has 18 heavy (non-hydrogen) atoms. The van der Waals surface area contributed by atoms with Crippen LogP contribution in [-0.2, 0) is 4.79 Å². The molecule has 1 unspecified atom stereocenters. The van der Waals surface area contributed by atoms with Crippen molar-refractivity contribution < 1.29 is 9.90 Å². The number of carboxylic acid groups (broad SMARTS) is 1. The van der Waals surface area contributed by atoms with Crippen LogP contribution in [0.4, 0.5) is 5.69 Å². The van der Waals surface area contributed by atoms with Crippen molar-refractivity contribution in [1.82, 2.24) is 4.90 Å². The molecular formula is C14H20N2O2. The molecule has 0 radical (unpaired) electrons. The van der Waals surface area contributed by atoms with Gasteiger partial charge in [-0.3, -0.25) is 9.69 Å². The van der Waals surface area contributed by atoms with Crippen molar-refractivity contribution in [3.8, 4) is 0 Å². The Bertz CT molecular complexity index is 459. The van der Waals surface area contributed by atoms with E-state index in [1.165, 1.54) is 11.1 Å². The summed E-state index contributed by atoms with van der Waals surface area (Å²) in [5.74, 6) is -0.744. The standard InChI is InChI=1S/C14H20N2O2/c1-10-4-5-12(11(2)8-10)16-7-6-15(3)13(9-16)14(17)18/h4-5,8,13H,6-7,9H2,1-3H3,(H,17,18). The third-order valence-electron chi connectivity index (χ3n) is 3.63. The molecule has 1 heterocycles. The molecule has 1 aromatic rings. The first kappa shape index (κ1) is 12.9. The van der Waals surface area contributed by atoms with Crippen molar-refractivity contribution >= 4 is 11.7 Å². The first-order valence-corrected chi connectivity index (χ1v) is 6.24. The van der Waals surface area contributed by atoms with Gasteiger partial charge in [0, 0.05) is 25.3 Å². The normalized spacial score (nSPS) is 21.1. The fraction of sp³-hybridized carbons (Fsp3) is 0.500. The van der Waals surface area contributed by atoms with Crippen LogP contribution in [0.5, 0.6) is 0 Å². The van der Waals surface area contributed by atoms with Crippen LogP contribution < -0.4 is 4.90 Å². The van der Waals surface area contributed by atoms with Gasteiger partial charge in [-0.25, -0.2) is 0 Å². The van der Waals surface area contributed by atoms with Crippen molar-refractivity contribution in [3.63, 3.8) is 0 Å². The van der Waals surface area contributed by atoms with E-state index >= 15 is 0 Å². The molecule has 1 N–H and O–H groups in total. The number of anilines is 1. The maximum Gasteiger partial charge on any atom is 0.322 e. The Morgan fingerprint density at radius 2 is 2.06 bits per heavy atom. The molecule has 4 nitrogen and oxygen atoms in total. The molecule has 1 aliphatic heterocycles. The van der Waals surface area contributed by atoms with E-state index in [0.717, 1.165) is 18.8 Å². The minimum atomic E-state index is -0.744. The minimum absolute atomic E-state index is 0.417. The van der Waals surface area contributed by atoms with Gasteiger partial charge in [-0.1, -0.05) is 17.7 Å². The highest BCUT2D eigenvalue weighted by atomic mass is 16.4. The van der Waals surface area contributed by atoms with E-state index in [1.807, 2.05) is 11.9 Å². The molecule has 1 fully saturated rings. The van der Waals surface area contributed by atoms with Crippen LogP contribution in [0.2, 0.25) is 0 Å². The molecule has 1 saturated heterocycles. The number of likely N-dealkylation sites (N-methyl/N-ethyl adjacent to an activating group) is 1. The lowest BCUT2D eigenvalue weighted by Crippen LogP contribution is -2.55. The van der Waals surface area contributed by atoms with Gasteiger partial charge in [-0.05, 0) is 32.5 Å². The molecule has 0 saturated carbocycles. The summed E-state index contributed by atoms with van der Waals surface area (Å²) in [6, 6.07) is 5.90. The van der Waals surface area contributed by atoms with Crippen LogP contribution in [0.3, 0.4) is 0 Å². The van der Waals surface area contributed by atoms with Crippen LogP contribution in [-0.4, -0.2) is 48.7 Å². The molecule has 0 spiro atoms. The lowest BCUT2D eigenvalue weighted by molar-refractivity contribution is -0.142. The number of hydrogen-bond acceptors (Lipinski definition) is 3. The maximum absolute atomic E-state index is 11.2. The first-order valence-electron chi connectivity index (χ1n) is 6.24. The number of rotatable bonds is 2. The van der Waals surface area contributed by atoms with E-state index in [-0.39, 0.29) is 0 Å². The average molecular weight is 248 g/mol. The molecule has 0 amide bonds. The lowest BCUT2D eigenvalue weighted by Gasteiger charge is -2.39. The van der Waals surface area contributed by atoms with E-state index in [9.17, 15) is 9.90 Å². The first-order chi connectivity index (χ1) is 8.49. The van der Waals surface area contributed by atoms with Crippen LogP contribution in [0.15, 0.2) is 18.2 Å². The molecule has 1 aliphatic rings. The molecule has 4 heteroatoms. The zero-order chi connectivity index (χ0) is 13.3. The van der Waals surface area contributed by atoms with E-state index < -0.39 is 12.0 Å². The Morgan fingerprint density at radius 1 is 1.33 bits per heavy atom. The highest BCUT2D eigenvalue weighted by molar-refractivity contribution is 5.75. The summed E-state index contributed by atoms with van der Waals surface area (Å²) < 4.78 is 0. The summed E-state index contributed by atoms with van der Waals surface area (Å²) in [5.41, 5.74) is 3.60. The number of benzene rings is 1. The second-order valence-corrected chi connectivity index (χ2v) is 5.07. The third kappa shape index (κ3) is 2.48. The summed E-state index contributed by atoms with van der Waals surface area (Å²) in [4.78, 5) is 15.3. The Hall–Kier alpha value is -1.55. The Morgan fingerprint density at radius 3 is 2.67 bits per heavy atom. The SMILES string of the molecule is Cc1ccc(N2CCN(C)C(C(=O)O)C2)c(C)c1. The second-order valence-electron chi connectivity index (χ2n) is 5.07. The minimum Gasteiger partial charge on any atom is -0.480 e. The van der Waals surface area contributed by atoms with Crippen molar-refractivity contribution in [2.45, 2.75) is 19.9 Å². The monoisotopic (exact) mass is 248 g/mol. The quantitative estimate of drug-likeness (QED) is 0.861. The molecule has 98 valence electrons. The zero-order valence-electron chi connectivity index (χ0n) is 11.2. The van der Waals surface area contributed by atoms with Gasteiger partial charge < -0.3 is 10.0 Å². The fourth-order valence-corrected chi connectivity index (χ4v) is 2.52. The Balaban J connectivity index is 2.21. The summed E-state index contributed by atoms with van der Waals surface area (Å²) in [7, 11) is 1.87. The van der Waals surface area contributed by atoms with Crippen LogP contribution >= 0.6 is 0 Å². The van der Waals surface area contributed by atoms with E-state index in [1.54, 1.807) is 0 Å². The van der Waals surface area contributed by atoms with E-state index in [4.69, 9.17) is 0 Å². The van der Waals surface area contributed by atoms with Gasteiger partial charge in [0.1, 0.15) is 6.04 Å². The molecule has 1 aromatic carbocycles. The molecular weight excluding hydrogens is 228 g/mol. The number of aryl methyl sites for hydroxylation is 2. The van der Waals surface area contributed by atoms with Gasteiger partial charge in [-0.2, -0.15) is 0 Å². The zero-order valence-corrected chi connectivity index (χ0v) is 11.2. The lowest BCUT2D eigenvalue weighted by atomic mass is 10.1. The number of carbonyl (C=O) groups is 1. The summed E-state index contributed by atoms with van der Waals surface area (Å²) in [6.07, 6.45) is 0. The van der Waals surface area contributed by atoms with Gasteiger partial charge in [-0.15, -0.1) is 0 Å². The second kappa shape index (κ2) is 4.98. The smallest absolute Gasteiger partial charge is 0.322 e. The predicted octanol–water partition coefficient (Wildman–Crippen LogP) is 1.51. The number of nitrogens with zero attached hydrogens (tertiary/aromatic N) is 2. The van der Waals surface area contributed by atoms with Gasteiger partial charge in [0.15, 0.2) is 0 Å².